The highest BCUT2D eigenvalue weighted by atomic mass is 32.7. The first-order valence-electron chi connectivity index (χ1n) is 38.5. The highest BCUT2D eigenvalue weighted by Gasteiger charge is 2.59. The van der Waals surface area contributed by atoms with Crippen molar-refractivity contribution in [2.45, 2.75) is 148 Å². The van der Waals surface area contributed by atoms with E-state index in [2.05, 4.69) is 114 Å². The van der Waals surface area contributed by atoms with Gasteiger partial charge in [-0.2, -0.15) is 28.9 Å². The number of H-pyrrole nitrogens is 6. The van der Waals surface area contributed by atoms with E-state index in [0.29, 0.717) is 0 Å². The number of rotatable bonds is 6. The van der Waals surface area contributed by atoms with E-state index in [1.807, 2.05) is 0 Å². The van der Waals surface area contributed by atoms with Gasteiger partial charge in [-0.25, -0.2) is 71.4 Å². The molecule has 0 aromatic carbocycles. The Morgan fingerprint density at radius 2 is 0.679 bits per heavy atom. The zero-order valence-corrected chi connectivity index (χ0v) is 76.7. The van der Waals surface area contributed by atoms with Crippen molar-refractivity contribution in [3.05, 3.63) is 119 Å². The van der Waals surface area contributed by atoms with Gasteiger partial charge >= 0.3 is 40.8 Å². The molecule has 9 saturated heterocycles. The lowest BCUT2D eigenvalue weighted by Gasteiger charge is -2.27. The minimum atomic E-state index is -4.51. The summed E-state index contributed by atoms with van der Waals surface area (Å²) in [4.78, 5) is 190. The summed E-state index contributed by atoms with van der Waals surface area (Å²) < 4.78 is 201. The zero-order valence-electron chi connectivity index (χ0n) is 66.2. The van der Waals surface area contributed by atoms with Gasteiger partial charge in [0, 0.05) is 6.42 Å². The minimum Gasteiger partial charge on any atom is -0.369 e. The number of nitrogens with two attached hydrogens (primary N) is 3. The molecule has 134 heavy (non-hydrogen) atoms. The highest BCUT2D eigenvalue weighted by Crippen LogP contribution is 2.66. The Balaban J connectivity index is 0.000000129. The number of nitrogens with zero attached hydrogens (tertiary/aromatic N) is 18. The van der Waals surface area contributed by atoms with Gasteiger partial charge in [0.25, 0.3) is 33.4 Å². The van der Waals surface area contributed by atoms with E-state index in [4.69, 9.17) is 147 Å². The van der Waals surface area contributed by atoms with Gasteiger partial charge in [0.1, 0.15) is 86.1 Å². The van der Waals surface area contributed by atoms with E-state index in [1.165, 1.54) is 28.1 Å². The maximum atomic E-state index is 16.0. The molecule has 12 aromatic heterocycles. The van der Waals surface area contributed by atoms with Crippen LogP contribution in [0.2, 0.25) is 0 Å². The SMILES string of the molecule is Nc1nc2c(ncn2[C@@H]2O[C@@H]3COP(O)(=S)O[C@H]4[C@H](F)[C@H](n5cnc6c(=O)[nH]cnc65)O[C@@H]4COP(=O)(S)O[C@@H]2[C@@H]3F)c(=O)[nH]1.Nc1nc2c(ncn2[C@@H]2O[C@@H]3COP(O)(=S)O[C@H]4[C@H](F)[C@H](n5cnc6c(=O)[nH]cnc65)O[C@@H]4COP(O)(=S)O[C@@H]2[C@@H]3F)c(=O)[nH]1.Nc1nc2c(ncn2[C@@H]2O[C@@H]3CO[P+](O)(S)O[C@H]4C[C@H](n5cnc6c(=O)[nH]cnc65)O[C@@H]4COP(O)(=S)O[C@@H]2[C@@H]3F)c(=O)[nH]1. The van der Waals surface area contributed by atoms with Gasteiger partial charge in [-0.1, -0.05) is 12.2 Å². The summed E-state index contributed by atoms with van der Waals surface area (Å²) >= 11 is 28.7. The van der Waals surface area contributed by atoms with Gasteiger partial charge in [-0.15, -0.1) is 0 Å². The molecule has 0 amide bonds. The molecule has 9 aliphatic heterocycles. The van der Waals surface area contributed by atoms with Gasteiger partial charge in [-0.05, 0) is 47.2 Å². The number of ether oxygens (including phenoxy) is 6. The Morgan fingerprint density at radius 3 is 1.06 bits per heavy atom. The van der Waals surface area contributed by atoms with Gasteiger partial charge < -0.3 is 98.2 Å². The van der Waals surface area contributed by atoms with Crippen molar-refractivity contribution in [2.24, 2.45) is 0 Å². The third kappa shape index (κ3) is 18.6. The Hall–Kier alpha value is -7.81. The lowest BCUT2D eigenvalue weighted by atomic mass is 10.1. The number of nitrogen functional groups attached to an aromatic ring is 3. The number of imidazole rings is 6. The smallest absolute Gasteiger partial charge is 0.369 e. The summed E-state index contributed by atoms with van der Waals surface area (Å²) in [6, 6.07) is 0. The third-order valence-corrected chi connectivity index (χ3v) is 31.1. The van der Waals surface area contributed by atoms with E-state index in [9.17, 15) is 57.8 Å². The molecule has 6 bridgehead atoms. The van der Waals surface area contributed by atoms with Crippen molar-refractivity contribution in [1.29, 1.82) is 0 Å². The molecule has 9 aliphatic rings. The van der Waals surface area contributed by atoms with Crippen molar-refractivity contribution in [3.63, 3.8) is 0 Å². The van der Waals surface area contributed by atoms with Crippen LogP contribution >= 0.6 is 65.3 Å². The van der Waals surface area contributed by atoms with Crippen molar-refractivity contribution in [3.8, 4) is 0 Å². The number of alkyl halides is 5. The van der Waals surface area contributed by atoms with E-state index >= 15 is 22.0 Å². The number of anilines is 3. The number of fused-ring (bicyclic) bond motifs is 15. The quantitative estimate of drug-likeness (QED) is 0.0588. The van der Waals surface area contributed by atoms with Crippen LogP contribution in [0.1, 0.15) is 43.8 Å². The first-order valence-corrected chi connectivity index (χ1v) is 54.3. The summed E-state index contributed by atoms with van der Waals surface area (Å²) in [6.45, 7) is -25.6. The molecular formula is C60H65F5N27O30P6S6+. The molecule has 0 aliphatic carbocycles. The summed E-state index contributed by atoms with van der Waals surface area (Å²) in [5.74, 6) is -0.766. The topological polar surface area (TPSA) is 744 Å². The van der Waals surface area contributed by atoms with Gasteiger partial charge in [0.2, 0.25) is 17.8 Å². The molecule has 9 fully saturated rings. The molecule has 74 heteroatoms. The van der Waals surface area contributed by atoms with Crippen LogP contribution in [0.25, 0.3) is 67.0 Å². The fourth-order valence-electron chi connectivity index (χ4n) is 15.7. The van der Waals surface area contributed by atoms with Crippen LogP contribution in [0.5, 0.6) is 0 Å². The molecular weight excluding hydrogens is 2050 g/mol. The molecule has 0 radical (unpaired) electrons. The van der Waals surface area contributed by atoms with Crippen molar-refractivity contribution >= 4 is 197 Å². The van der Waals surface area contributed by atoms with Crippen molar-refractivity contribution in [1.82, 2.24) is 117 Å². The second-order valence-corrected chi connectivity index (χ2v) is 47.0. The molecule has 21 heterocycles. The lowest BCUT2D eigenvalue weighted by Crippen LogP contribution is -2.34. The monoisotopic (exact) mass is 2120 g/mol. The normalized spacial score (nSPS) is 37.3. The van der Waals surface area contributed by atoms with E-state index in [-0.39, 0.29) is 91.2 Å². The summed E-state index contributed by atoms with van der Waals surface area (Å²) in [6.07, 6.45) is -25.6. The van der Waals surface area contributed by atoms with Crippen LogP contribution in [0, 0.1) is 0 Å². The number of aromatic amines is 6. The largest absolute Gasteiger partial charge is 0.475 e. The second-order valence-electron chi connectivity index (χ2n) is 30.0. The highest BCUT2D eigenvalue weighted by molar-refractivity contribution is 8.47. The van der Waals surface area contributed by atoms with Crippen LogP contribution in [-0.4, -0.2) is 285 Å². The van der Waals surface area contributed by atoms with Crippen LogP contribution in [0.15, 0.2) is 85.7 Å². The predicted octanol–water partition coefficient (Wildman–Crippen LogP) is -0.0736. The molecule has 12 aromatic rings. The van der Waals surface area contributed by atoms with Crippen LogP contribution in [-0.2, 0) is 134 Å². The van der Waals surface area contributed by atoms with Gasteiger partial charge in [0.15, 0.2) is 129 Å². The van der Waals surface area contributed by atoms with E-state index < -0.39 is 255 Å². The average molecular weight is 2120 g/mol. The molecule has 21 rings (SSSR count). The number of halogens is 5. The lowest BCUT2D eigenvalue weighted by molar-refractivity contribution is -0.0599. The average Bonchev–Trinajstić information content (AvgIpc) is 1.61. The number of hydrogen-bond donors (Lipinski definition) is 16. The number of nitrogens with one attached hydrogen (secondary N) is 6. The minimum absolute atomic E-state index is 0.0181. The molecule has 17 N–H and O–H groups in total. The maximum absolute atomic E-state index is 16.0. The fraction of sp³-hybridized carbons (Fsp3) is 0.500. The van der Waals surface area contributed by atoms with Crippen molar-refractivity contribution < 1.29 is 134 Å². The summed E-state index contributed by atoms with van der Waals surface area (Å²) in [7, 11) is -3.95. The summed E-state index contributed by atoms with van der Waals surface area (Å²) in [5, 5.41) is 0. The first kappa shape index (κ1) is 95.1. The number of hydrogen-bond acceptors (Lipinski definition) is 46. The molecule has 6 unspecified atom stereocenters. The molecule has 29 atom stereocenters. The summed E-state index contributed by atoms with van der Waals surface area (Å²) in [5.41, 5.74) is 12.8. The predicted molar refractivity (Wildman–Crippen MR) is 460 cm³/mol. The maximum Gasteiger partial charge on any atom is 0.475 e. The number of aromatic nitrogens is 24. The van der Waals surface area contributed by atoms with E-state index in [1.54, 1.807) is 0 Å². The Morgan fingerprint density at radius 1 is 0.381 bits per heavy atom. The van der Waals surface area contributed by atoms with Crippen LogP contribution in [0.4, 0.5) is 39.8 Å². The van der Waals surface area contributed by atoms with Crippen molar-refractivity contribution in [2.75, 3.05) is 56.8 Å². The zero-order chi connectivity index (χ0) is 94.6. The second kappa shape index (κ2) is 36.4. The number of thiol groups is 2. The van der Waals surface area contributed by atoms with Crippen LogP contribution < -0.4 is 50.6 Å². The first-order chi connectivity index (χ1) is 63.5. The molecule has 0 saturated carbocycles. The van der Waals surface area contributed by atoms with E-state index in [0.717, 1.165) is 56.2 Å². The van der Waals surface area contributed by atoms with Gasteiger partial charge in [0.05, 0.1) is 102 Å². The third-order valence-electron chi connectivity index (χ3n) is 21.6. The van der Waals surface area contributed by atoms with Gasteiger partial charge in [-0.3, -0.25) is 98.3 Å². The molecule has 720 valence electrons. The fourth-order valence-corrected chi connectivity index (χ4v) is 24.4. The Kier molecular flexibility index (Phi) is 25.9. The Bertz CT molecular complexity index is 6970. The standard InChI is InChI=1S/2C20H21F2N9O10P2S2.C20H22FN9O10P2S2/c2*21-8-6-1-36-42(34,44)40-12-7(39-18(9(12)22)30-4-26-10-14(30)24-3-25-16(10)32)2-37-43(35,45)41-13(8)19(38-6)31-5-27-11-15(31)28-20(23)29-17(11)33;21-11-9-3-36-41(33,43)39-7-1-10(29-5-25-12-15(29)23-4-24-17(12)31)37-8(7)2-35-42(34,44)40-14(11)19(38-9)30-6-26-13-16(30)27-20(22)28-18(13)32/h2*3-9,12-13,18-19H,1-2H2,(H,34,44)(H,35,45)(H,24,25,32)(H3,23,28,29,33);4-11,14,19,33,43H,1-3H2,(H4-,22,23,24,27,28,31,32,34,44)/p+1/t2*6-,7-,8-,9+,12-,13-,18-,19-,42?,43?;7-,8+,9+,10+,11+,14+,19+,41?,42?/m110/s1. The molecule has 0 spiro atoms. The van der Waals surface area contributed by atoms with Crippen LogP contribution in [0.3, 0.4) is 0 Å². The molecule has 57 nitrogen and oxygen atoms in total. The Labute approximate surface area is 767 Å².